The molecule has 0 radical (unpaired) electrons. The predicted octanol–water partition coefficient (Wildman–Crippen LogP) is 1.82. The van der Waals surface area contributed by atoms with Crippen molar-refractivity contribution in [2.45, 2.75) is 19.8 Å². The van der Waals surface area contributed by atoms with Crippen molar-refractivity contribution in [3.8, 4) is 6.07 Å². The normalized spacial score (nSPS) is 9.89. The number of nitrogens with zero attached hydrogens (tertiary/aromatic N) is 3. The molecular formula is C13H12N4O2. The Morgan fingerprint density at radius 3 is 3.00 bits per heavy atom. The SMILES string of the molecule is Cc1nnc(CCC(=O)Nc2cccc(C#N)c2)o1. The van der Waals surface area contributed by atoms with Crippen LogP contribution in [-0.2, 0) is 11.2 Å². The summed E-state index contributed by atoms with van der Waals surface area (Å²) in [7, 11) is 0. The molecule has 1 amide bonds. The van der Waals surface area contributed by atoms with Crippen LogP contribution in [0.3, 0.4) is 0 Å². The Hall–Kier alpha value is -2.68. The zero-order valence-electron chi connectivity index (χ0n) is 10.4. The molecular weight excluding hydrogens is 244 g/mol. The van der Waals surface area contributed by atoms with Crippen LogP contribution in [0.25, 0.3) is 0 Å². The second kappa shape index (κ2) is 5.78. The molecule has 0 fully saturated rings. The number of aromatic nitrogens is 2. The van der Waals surface area contributed by atoms with E-state index in [1.54, 1.807) is 31.2 Å². The Morgan fingerprint density at radius 1 is 1.47 bits per heavy atom. The molecule has 6 nitrogen and oxygen atoms in total. The highest BCUT2D eigenvalue weighted by molar-refractivity contribution is 5.90. The molecule has 0 atom stereocenters. The summed E-state index contributed by atoms with van der Waals surface area (Å²) in [5, 5.41) is 19.0. The summed E-state index contributed by atoms with van der Waals surface area (Å²) in [6, 6.07) is 8.76. The van der Waals surface area contributed by atoms with Crippen molar-refractivity contribution in [1.29, 1.82) is 5.26 Å². The molecule has 2 aromatic rings. The molecule has 0 saturated carbocycles. The second-order valence-electron chi connectivity index (χ2n) is 3.96. The van der Waals surface area contributed by atoms with Crippen LogP contribution in [0, 0.1) is 18.3 Å². The Bertz CT molecular complexity index is 628. The van der Waals surface area contributed by atoms with E-state index in [1.165, 1.54) is 0 Å². The Morgan fingerprint density at radius 2 is 2.32 bits per heavy atom. The van der Waals surface area contributed by atoms with E-state index in [-0.39, 0.29) is 12.3 Å². The molecule has 19 heavy (non-hydrogen) atoms. The third-order valence-electron chi connectivity index (χ3n) is 2.41. The highest BCUT2D eigenvalue weighted by Crippen LogP contribution is 2.10. The molecule has 96 valence electrons. The van der Waals surface area contributed by atoms with Gasteiger partial charge in [0.05, 0.1) is 11.6 Å². The highest BCUT2D eigenvalue weighted by Gasteiger charge is 2.07. The van der Waals surface area contributed by atoms with Gasteiger partial charge in [0.2, 0.25) is 17.7 Å². The highest BCUT2D eigenvalue weighted by atomic mass is 16.4. The van der Waals surface area contributed by atoms with Gasteiger partial charge < -0.3 is 9.73 Å². The fourth-order valence-corrected chi connectivity index (χ4v) is 1.55. The molecule has 0 aliphatic carbocycles. The van der Waals surface area contributed by atoms with Gasteiger partial charge in [0, 0.05) is 25.5 Å². The largest absolute Gasteiger partial charge is 0.426 e. The van der Waals surface area contributed by atoms with Gasteiger partial charge in [-0.05, 0) is 18.2 Å². The first-order chi connectivity index (χ1) is 9.17. The minimum Gasteiger partial charge on any atom is -0.426 e. The van der Waals surface area contributed by atoms with E-state index in [9.17, 15) is 4.79 Å². The lowest BCUT2D eigenvalue weighted by atomic mass is 10.2. The van der Waals surface area contributed by atoms with Crippen LogP contribution < -0.4 is 5.32 Å². The minimum absolute atomic E-state index is 0.161. The van der Waals surface area contributed by atoms with Gasteiger partial charge in [0.25, 0.3) is 0 Å². The summed E-state index contributed by atoms with van der Waals surface area (Å²) < 4.78 is 5.18. The second-order valence-corrected chi connectivity index (χ2v) is 3.96. The molecule has 1 aromatic heterocycles. The van der Waals surface area contributed by atoms with Crippen molar-refractivity contribution in [1.82, 2.24) is 10.2 Å². The van der Waals surface area contributed by atoms with Gasteiger partial charge in [0.1, 0.15) is 0 Å². The fourth-order valence-electron chi connectivity index (χ4n) is 1.55. The summed E-state index contributed by atoms with van der Waals surface area (Å²) in [5.74, 6) is 0.765. The first-order valence-corrected chi connectivity index (χ1v) is 5.76. The third-order valence-corrected chi connectivity index (χ3v) is 2.41. The maximum absolute atomic E-state index is 11.7. The molecule has 6 heteroatoms. The molecule has 0 spiro atoms. The Labute approximate surface area is 110 Å². The van der Waals surface area contributed by atoms with E-state index in [0.29, 0.717) is 29.5 Å². The van der Waals surface area contributed by atoms with Gasteiger partial charge >= 0.3 is 0 Å². The van der Waals surface area contributed by atoms with Crippen LogP contribution in [0.4, 0.5) is 5.69 Å². The van der Waals surface area contributed by atoms with Crippen LogP contribution in [0.15, 0.2) is 28.7 Å². The topological polar surface area (TPSA) is 91.8 Å². The average Bonchev–Trinajstić information content (AvgIpc) is 2.82. The van der Waals surface area contributed by atoms with Crippen molar-refractivity contribution < 1.29 is 9.21 Å². The Balaban J connectivity index is 1.89. The average molecular weight is 256 g/mol. The summed E-state index contributed by atoms with van der Waals surface area (Å²) in [6.07, 6.45) is 0.642. The molecule has 0 bridgehead atoms. The lowest BCUT2D eigenvalue weighted by molar-refractivity contribution is -0.116. The van der Waals surface area contributed by atoms with E-state index in [2.05, 4.69) is 15.5 Å². The van der Waals surface area contributed by atoms with Crippen molar-refractivity contribution in [3.05, 3.63) is 41.6 Å². The maximum Gasteiger partial charge on any atom is 0.224 e. The number of benzene rings is 1. The van der Waals surface area contributed by atoms with Crippen molar-refractivity contribution in [2.75, 3.05) is 5.32 Å². The van der Waals surface area contributed by atoms with E-state index < -0.39 is 0 Å². The van der Waals surface area contributed by atoms with E-state index in [1.807, 2.05) is 6.07 Å². The van der Waals surface area contributed by atoms with Gasteiger partial charge in [-0.1, -0.05) is 6.07 Å². The molecule has 0 saturated heterocycles. The predicted molar refractivity (Wildman–Crippen MR) is 67.1 cm³/mol. The zero-order valence-corrected chi connectivity index (χ0v) is 10.4. The van der Waals surface area contributed by atoms with Gasteiger partial charge in [-0.25, -0.2) is 0 Å². The quantitative estimate of drug-likeness (QED) is 0.900. The molecule has 0 aliphatic rings. The smallest absolute Gasteiger partial charge is 0.224 e. The number of hydrogen-bond donors (Lipinski definition) is 1. The van der Waals surface area contributed by atoms with Gasteiger partial charge in [-0.2, -0.15) is 5.26 Å². The number of carbonyl (C=O) groups excluding carboxylic acids is 1. The lowest BCUT2D eigenvalue weighted by Crippen LogP contribution is -2.12. The standard InChI is InChI=1S/C13H12N4O2/c1-9-16-17-13(19-9)6-5-12(18)15-11-4-2-3-10(7-11)8-14/h2-4,7H,5-6H2,1H3,(H,15,18). The summed E-state index contributed by atoms with van der Waals surface area (Å²) in [5.41, 5.74) is 1.11. The van der Waals surface area contributed by atoms with Crippen LogP contribution in [0.1, 0.15) is 23.8 Å². The van der Waals surface area contributed by atoms with Crippen molar-refractivity contribution >= 4 is 11.6 Å². The zero-order chi connectivity index (χ0) is 13.7. The number of hydrogen-bond acceptors (Lipinski definition) is 5. The van der Waals surface area contributed by atoms with Gasteiger partial charge in [-0.3, -0.25) is 4.79 Å². The molecule has 1 N–H and O–H groups in total. The van der Waals surface area contributed by atoms with Crippen molar-refractivity contribution in [2.24, 2.45) is 0 Å². The summed E-state index contributed by atoms with van der Waals surface area (Å²) in [6.45, 7) is 1.70. The third kappa shape index (κ3) is 3.64. The van der Waals surface area contributed by atoms with Gasteiger partial charge in [0.15, 0.2) is 0 Å². The molecule has 1 heterocycles. The van der Waals surface area contributed by atoms with Gasteiger partial charge in [-0.15, -0.1) is 10.2 Å². The summed E-state index contributed by atoms with van der Waals surface area (Å²) >= 11 is 0. The lowest BCUT2D eigenvalue weighted by Gasteiger charge is -2.04. The minimum atomic E-state index is -0.161. The van der Waals surface area contributed by atoms with E-state index in [4.69, 9.17) is 9.68 Å². The van der Waals surface area contributed by atoms with Crippen molar-refractivity contribution in [3.63, 3.8) is 0 Å². The number of amides is 1. The monoisotopic (exact) mass is 256 g/mol. The van der Waals surface area contributed by atoms with Crippen LogP contribution in [0.5, 0.6) is 0 Å². The van der Waals surface area contributed by atoms with E-state index in [0.717, 1.165) is 0 Å². The molecule has 1 aromatic carbocycles. The van der Waals surface area contributed by atoms with E-state index >= 15 is 0 Å². The Kier molecular flexibility index (Phi) is 3.88. The first kappa shape index (κ1) is 12.8. The molecule has 0 aliphatic heterocycles. The molecule has 0 unspecified atom stereocenters. The number of anilines is 1. The van der Waals surface area contributed by atoms with Crippen LogP contribution >= 0.6 is 0 Å². The number of rotatable bonds is 4. The maximum atomic E-state index is 11.7. The fraction of sp³-hybridized carbons (Fsp3) is 0.231. The van der Waals surface area contributed by atoms with Crippen LogP contribution in [0.2, 0.25) is 0 Å². The van der Waals surface area contributed by atoms with Crippen LogP contribution in [-0.4, -0.2) is 16.1 Å². The summed E-state index contributed by atoms with van der Waals surface area (Å²) in [4.78, 5) is 11.7. The number of nitriles is 1. The first-order valence-electron chi connectivity index (χ1n) is 5.76. The molecule has 2 rings (SSSR count). The number of aryl methyl sites for hydroxylation is 2. The number of nitrogens with one attached hydrogen (secondary N) is 1. The number of carbonyl (C=O) groups is 1.